The molecule has 2 heterocycles. The first-order valence-electron chi connectivity index (χ1n) is 5.61. The topological polar surface area (TPSA) is 67.3 Å². The second-order valence-electron chi connectivity index (χ2n) is 4.54. The van der Waals surface area contributed by atoms with Crippen LogP contribution in [-0.2, 0) is 13.8 Å². The predicted octanol–water partition coefficient (Wildman–Crippen LogP) is 1.96. The fourth-order valence-corrected chi connectivity index (χ4v) is 3.65. The number of anilines is 1. The largest absolute Gasteiger partial charge is 0.310 e. The van der Waals surface area contributed by atoms with Crippen LogP contribution in [0.15, 0.2) is 12.3 Å². The molecule has 0 aromatic carbocycles. The predicted molar refractivity (Wildman–Crippen MR) is 74.1 cm³/mol. The molecule has 0 bridgehead atoms. The quantitative estimate of drug-likeness (QED) is 0.798. The normalized spacial score (nSPS) is 20.1. The van der Waals surface area contributed by atoms with E-state index in [0.29, 0.717) is 22.9 Å². The first kappa shape index (κ1) is 14.6. The number of pyridine rings is 1. The minimum absolute atomic E-state index is 0.141. The van der Waals surface area contributed by atoms with Crippen molar-refractivity contribution in [1.29, 1.82) is 0 Å². The Balaban J connectivity index is 2.23. The SMILES string of the molecule is Cc1ncc(Cl)cc1N1CC(CS(=O)(=O)Cl)CC1=O. The monoisotopic (exact) mass is 322 g/mol. The van der Waals surface area contributed by atoms with Crippen LogP contribution in [0, 0.1) is 12.8 Å². The number of carbonyl (C=O) groups excluding carboxylic acids is 1. The summed E-state index contributed by atoms with van der Waals surface area (Å²) in [4.78, 5) is 17.6. The lowest BCUT2D eigenvalue weighted by atomic mass is 10.1. The number of hydrogen-bond donors (Lipinski definition) is 0. The number of carbonyl (C=O) groups is 1. The average molecular weight is 323 g/mol. The zero-order valence-electron chi connectivity index (χ0n) is 10.1. The van der Waals surface area contributed by atoms with Gasteiger partial charge in [0.2, 0.25) is 15.0 Å². The Bertz CT molecular complexity index is 618. The lowest BCUT2D eigenvalue weighted by molar-refractivity contribution is -0.117. The molecule has 104 valence electrons. The van der Waals surface area contributed by atoms with Gasteiger partial charge in [-0.1, -0.05) is 11.6 Å². The van der Waals surface area contributed by atoms with Gasteiger partial charge in [0, 0.05) is 35.8 Å². The third-order valence-electron chi connectivity index (χ3n) is 2.96. The summed E-state index contributed by atoms with van der Waals surface area (Å²) in [6, 6.07) is 1.65. The van der Waals surface area contributed by atoms with Crippen LogP contribution in [0.3, 0.4) is 0 Å². The Kier molecular flexibility index (Phi) is 4.03. The molecule has 1 atom stereocenters. The lowest BCUT2D eigenvalue weighted by Crippen LogP contribution is -2.26. The number of aromatic nitrogens is 1. The highest BCUT2D eigenvalue weighted by atomic mass is 35.7. The number of amides is 1. The molecule has 0 spiro atoms. The summed E-state index contributed by atoms with van der Waals surface area (Å²) in [6.45, 7) is 2.08. The molecule has 1 unspecified atom stereocenters. The maximum absolute atomic E-state index is 12.0. The molecule has 1 fully saturated rings. The molecule has 1 saturated heterocycles. The number of aryl methyl sites for hydroxylation is 1. The van der Waals surface area contributed by atoms with Crippen LogP contribution in [0.5, 0.6) is 0 Å². The van der Waals surface area contributed by atoms with E-state index in [2.05, 4.69) is 4.98 Å². The molecule has 0 aliphatic carbocycles. The van der Waals surface area contributed by atoms with Gasteiger partial charge in [-0.2, -0.15) is 0 Å². The van der Waals surface area contributed by atoms with Gasteiger partial charge in [0.15, 0.2) is 0 Å². The Morgan fingerprint density at radius 1 is 1.53 bits per heavy atom. The zero-order chi connectivity index (χ0) is 14.2. The summed E-state index contributed by atoms with van der Waals surface area (Å²) in [6.07, 6.45) is 1.67. The van der Waals surface area contributed by atoms with E-state index in [1.807, 2.05) is 0 Å². The fourth-order valence-electron chi connectivity index (χ4n) is 2.18. The van der Waals surface area contributed by atoms with Crippen LogP contribution in [0.25, 0.3) is 0 Å². The van der Waals surface area contributed by atoms with Crippen molar-refractivity contribution in [2.75, 3.05) is 17.2 Å². The van der Waals surface area contributed by atoms with E-state index in [4.69, 9.17) is 22.3 Å². The number of rotatable bonds is 3. The second kappa shape index (κ2) is 5.26. The molecule has 8 heteroatoms. The summed E-state index contributed by atoms with van der Waals surface area (Å²) >= 11 is 5.87. The second-order valence-corrected chi connectivity index (χ2v) is 7.80. The van der Waals surface area contributed by atoms with Crippen LogP contribution in [0.4, 0.5) is 5.69 Å². The van der Waals surface area contributed by atoms with Crippen LogP contribution in [-0.4, -0.2) is 31.6 Å². The first-order chi connectivity index (χ1) is 8.76. The highest BCUT2D eigenvalue weighted by Gasteiger charge is 2.34. The fraction of sp³-hybridized carbons (Fsp3) is 0.455. The molecule has 1 aliphatic heterocycles. The van der Waals surface area contributed by atoms with Gasteiger partial charge in [0.05, 0.1) is 22.2 Å². The molecule has 0 N–H and O–H groups in total. The van der Waals surface area contributed by atoms with Crippen LogP contribution in [0.2, 0.25) is 5.02 Å². The van der Waals surface area contributed by atoms with Gasteiger partial charge < -0.3 is 4.90 Å². The molecule has 0 radical (unpaired) electrons. The van der Waals surface area contributed by atoms with Crippen molar-refractivity contribution < 1.29 is 13.2 Å². The van der Waals surface area contributed by atoms with E-state index >= 15 is 0 Å². The van der Waals surface area contributed by atoms with Gasteiger partial charge in [-0.25, -0.2) is 8.42 Å². The molecule has 1 aliphatic rings. The number of halogens is 2. The van der Waals surface area contributed by atoms with Crippen molar-refractivity contribution in [2.24, 2.45) is 5.92 Å². The molecule has 2 rings (SSSR count). The molecule has 19 heavy (non-hydrogen) atoms. The van der Waals surface area contributed by atoms with Gasteiger partial charge in [0.25, 0.3) is 0 Å². The van der Waals surface area contributed by atoms with Crippen LogP contribution < -0.4 is 4.90 Å². The highest BCUT2D eigenvalue weighted by Crippen LogP contribution is 2.29. The van der Waals surface area contributed by atoms with Crippen molar-refractivity contribution >= 4 is 42.9 Å². The minimum Gasteiger partial charge on any atom is -0.310 e. The summed E-state index contributed by atoms with van der Waals surface area (Å²) in [5.74, 6) is -0.644. The number of nitrogens with zero attached hydrogens (tertiary/aromatic N) is 2. The Hall–Kier alpha value is -0.850. The van der Waals surface area contributed by atoms with E-state index < -0.39 is 9.05 Å². The van der Waals surface area contributed by atoms with Crippen molar-refractivity contribution in [1.82, 2.24) is 4.98 Å². The van der Waals surface area contributed by atoms with Gasteiger partial charge in [0.1, 0.15) is 0 Å². The molecule has 1 amide bonds. The molecule has 1 aromatic heterocycles. The molecule has 1 aromatic rings. The standard InChI is InChI=1S/C11H12Cl2N2O3S/c1-7-10(3-9(12)4-14-7)15-5-8(2-11(15)16)6-19(13,17)18/h3-4,8H,2,5-6H2,1H3. The van der Waals surface area contributed by atoms with Gasteiger partial charge in [-0.05, 0) is 13.0 Å². The van der Waals surface area contributed by atoms with Crippen LogP contribution in [0.1, 0.15) is 12.1 Å². The van der Waals surface area contributed by atoms with Crippen LogP contribution >= 0.6 is 22.3 Å². The molecular formula is C11H12Cl2N2O3S. The van der Waals surface area contributed by atoms with Crippen molar-refractivity contribution in [3.63, 3.8) is 0 Å². The van der Waals surface area contributed by atoms with Crippen molar-refractivity contribution in [3.05, 3.63) is 23.0 Å². The highest BCUT2D eigenvalue weighted by molar-refractivity contribution is 8.13. The smallest absolute Gasteiger partial charge is 0.232 e. The first-order valence-corrected chi connectivity index (χ1v) is 8.47. The van der Waals surface area contributed by atoms with Crippen molar-refractivity contribution in [3.8, 4) is 0 Å². The summed E-state index contributed by atoms with van der Waals surface area (Å²) in [7, 11) is 1.62. The minimum atomic E-state index is -3.60. The van der Waals surface area contributed by atoms with Gasteiger partial charge in [-0.15, -0.1) is 0 Å². The molecule has 5 nitrogen and oxygen atoms in total. The maximum atomic E-state index is 12.0. The molecular weight excluding hydrogens is 311 g/mol. The zero-order valence-corrected chi connectivity index (χ0v) is 12.5. The average Bonchev–Trinajstić information content (AvgIpc) is 2.60. The Morgan fingerprint density at radius 2 is 2.21 bits per heavy atom. The maximum Gasteiger partial charge on any atom is 0.232 e. The van der Waals surface area contributed by atoms with Gasteiger partial charge in [-0.3, -0.25) is 9.78 Å². The Labute approximate surface area is 120 Å². The van der Waals surface area contributed by atoms with Gasteiger partial charge >= 0.3 is 0 Å². The lowest BCUT2D eigenvalue weighted by Gasteiger charge is -2.18. The third-order valence-corrected chi connectivity index (χ3v) is 4.41. The number of hydrogen-bond acceptors (Lipinski definition) is 4. The summed E-state index contributed by atoms with van der Waals surface area (Å²) < 4.78 is 22.1. The Morgan fingerprint density at radius 3 is 2.84 bits per heavy atom. The molecule has 0 saturated carbocycles. The van der Waals surface area contributed by atoms with Crippen molar-refractivity contribution in [2.45, 2.75) is 13.3 Å². The van der Waals surface area contributed by atoms with E-state index in [-0.39, 0.29) is 24.0 Å². The van der Waals surface area contributed by atoms with E-state index in [1.165, 1.54) is 11.1 Å². The van der Waals surface area contributed by atoms with E-state index in [1.54, 1.807) is 13.0 Å². The summed E-state index contributed by atoms with van der Waals surface area (Å²) in [5.41, 5.74) is 1.29. The summed E-state index contributed by atoms with van der Waals surface area (Å²) in [5, 5.41) is 0.432. The third kappa shape index (κ3) is 3.58. The van der Waals surface area contributed by atoms with E-state index in [0.717, 1.165) is 0 Å². The van der Waals surface area contributed by atoms with E-state index in [9.17, 15) is 13.2 Å².